The second-order valence-corrected chi connectivity index (χ2v) is 4.55. The van der Waals surface area contributed by atoms with Crippen molar-refractivity contribution in [2.75, 3.05) is 6.61 Å². The Morgan fingerprint density at radius 3 is 2.76 bits per heavy atom. The van der Waals surface area contributed by atoms with Crippen molar-refractivity contribution in [2.45, 2.75) is 38.3 Å². The van der Waals surface area contributed by atoms with Crippen molar-refractivity contribution in [3.63, 3.8) is 0 Å². The van der Waals surface area contributed by atoms with Crippen molar-refractivity contribution in [1.29, 1.82) is 0 Å². The average Bonchev–Trinajstić information content (AvgIpc) is 2.73. The third kappa shape index (κ3) is 2.67. The molecule has 0 spiro atoms. The largest absolute Gasteiger partial charge is 0.465 e. The van der Waals surface area contributed by atoms with E-state index in [-0.39, 0.29) is 17.9 Å². The minimum Gasteiger partial charge on any atom is -0.465 e. The van der Waals surface area contributed by atoms with Crippen molar-refractivity contribution in [3.05, 3.63) is 35.9 Å². The fourth-order valence-corrected chi connectivity index (χ4v) is 2.50. The second kappa shape index (κ2) is 5.32. The molecule has 1 fully saturated rings. The summed E-state index contributed by atoms with van der Waals surface area (Å²) in [5.41, 5.74) is 1.21. The van der Waals surface area contributed by atoms with E-state index in [1.54, 1.807) is 0 Å². The molecule has 2 rings (SSSR count). The zero-order valence-corrected chi connectivity index (χ0v) is 10.3. The highest BCUT2D eigenvalue weighted by molar-refractivity contribution is 5.77. The summed E-state index contributed by atoms with van der Waals surface area (Å²) >= 11 is 0. The average molecular weight is 233 g/mol. The number of benzene rings is 1. The normalized spacial score (nSPS) is 28.0. The predicted molar refractivity (Wildman–Crippen MR) is 66.8 cm³/mol. The number of esters is 1. The first-order valence-electron chi connectivity index (χ1n) is 6.20. The van der Waals surface area contributed by atoms with E-state index in [9.17, 15) is 4.79 Å². The van der Waals surface area contributed by atoms with Gasteiger partial charge in [0, 0.05) is 12.0 Å². The molecule has 1 aliphatic heterocycles. The second-order valence-electron chi connectivity index (χ2n) is 4.55. The Morgan fingerprint density at radius 2 is 2.12 bits per heavy atom. The molecular formula is C14H19NO2. The van der Waals surface area contributed by atoms with Crippen molar-refractivity contribution < 1.29 is 9.53 Å². The van der Waals surface area contributed by atoms with Crippen LogP contribution in [0.2, 0.25) is 0 Å². The highest BCUT2D eigenvalue weighted by Crippen LogP contribution is 2.31. The summed E-state index contributed by atoms with van der Waals surface area (Å²) in [6, 6.07) is 10.3. The van der Waals surface area contributed by atoms with E-state index in [1.165, 1.54) is 5.56 Å². The number of nitrogens with one attached hydrogen (secondary N) is 1. The molecule has 17 heavy (non-hydrogen) atoms. The maximum Gasteiger partial charge on any atom is 0.323 e. The molecule has 0 radical (unpaired) electrons. The fourth-order valence-electron chi connectivity index (χ4n) is 2.50. The molecule has 1 aromatic carbocycles. The van der Waals surface area contributed by atoms with Crippen LogP contribution in [0.4, 0.5) is 0 Å². The molecular weight excluding hydrogens is 214 g/mol. The van der Waals surface area contributed by atoms with Crippen LogP contribution in [-0.2, 0) is 9.53 Å². The molecule has 1 saturated heterocycles. The van der Waals surface area contributed by atoms with Gasteiger partial charge in [-0.2, -0.15) is 0 Å². The molecule has 0 saturated carbocycles. The predicted octanol–water partition coefficient (Wildman–Crippen LogP) is 2.08. The maximum absolute atomic E-state index is 11.9. The van der Waals surface area contributed by atoms with E-state index in [1.807, 2.05) is 25.1 Å². The molecule has 1 aliphatic rings. The molecule has 3 nitrogen and oxygen atoms in total. The Morgan fingerprint density at radius 1 is 1.41 bits per heavy atom. The Hall–Kier alpha value is -1.35. The number of ether oxygens (including phenoxy) is 1. The molecule has 92 valence electrons. The third-order valence-electron chi connectivity index (χ3n) is 3.24. The Labute approximate surface area is 102 Å². The van der Waals surface area contributed by atoms with Gasteiger partial charge < -0.3 is 10.1 Å². The van der Waals surface area contributed by atoms with Crippen LogP contribution >= 0.6 is 0 Å². The molecule has 1 N–H and O–H groups in total. The minimum atomic E-state index is -0.202. The van der Waals surface area contributed by atoms with Crippen molar-refractivity contribution >= 4 is 5.97 Å². The lowest BCUT2D eigenvalue weighted by Gasteiger charge is -2.18. The van der Waals surface area contributed by atoms with Gasteiger partial charge in [0.2, 0.25) is 0 Å². The van der Waals surface area contributed by atoms with Gasteiger partial charge in [0.25, 0.3) is 0 Å². The topological polar surface area (TPSA) is 38.3 Å². The van der Waals surface area contributed by atoms with Crippen LogP contribution in [0.5, 0.6) is 0 Å². The van der Waals surface area contributed by atoms with E-state index >= 15 is 0 Å². The van der Waals surface area contributed by atoms with Crippen LogP contribution in [0, 0.1) is 0 Å². The molecule has 1 heterocycles. The fraction of sp³-hybridized carbons (Fsp3) is 0.500. The van der Waals surface area contributed by atoms with Gasteiger partial charge in [0.15, 0.2) is 0 Å². The first-order valence-corrected chi connectivity index (χ1v) is 6.20. The van der Waals surface area contributed by atoms with E-state index in [0.717, 1.165) is 6.42 Å². The highest BCUT2D eigenvalue weighted by Gasteiger charge is 2.38. The van der Waals surface area contributed by atoms with Gasteiger partial charge in [-0.15, -0.1) is 0 Å². The van der Waals surface area contributed by atoms with Crippen LogP contribution < -0.4 is 5.32 Å². The number of carbonyl (C=O) groups excluding carboxylic acids is 1. The van der Waals surface area contributed by atoms with Gasteiger partial charge in [-0.05, 0) is 25.8 Å². The number of carbonyl (C=O) groups is 1. The summed E-state index contributed by atoms with van der Waals surface area (Å²) in [6.45, 7) is 4.38. The van der Waals surface area contributed by atoms with Crippen LogP contribution in [0.15, 0.2) is 30.3 Å². The quantitative estimate of drug-likeness (QED) is 0.812. The van der Waals surface area contributed by atoms with Crippen LogP contribution in [0.1, 0.15) is 31.7 Å². The van der Waals surface area contributed by atoms with E-state index < -0.39 is 0 Å². The van der Waals surface area contributed by atoms with E-state index in [4.69, 9.17) is 4.74 Å². The van der Waals surface area contributed by atoms with Gasteiger partial charge in [0.05, 0.1) is 6.61 Å². The molecule has 1 aromatic rings. The third-order valence-corrected chi connectivity index (χ3v) is 3.24. The molecule has 0 bridgehead atoms. The molecule has 0 amide bonds. The summed E-state index contributed by atoms with van der Waals surface area (Å²) < 4.78 is 5.12. The molecule has 0 aliphatic carbocycles. The van der Waals surface area contributed by atoms with Crippen molar-refractivity contribution in [1.82, 2.24) is 5.32 Å². The van der Waals surface area contributed by atoms with Gasteiger partial charge in [0.1, 0.15) is 6.04 Å². The first kappa shape index (κ1) is 12.1. The van der Waals surface area contributed by atoms with Gasteiger partial charge in [-0.3, -0.25) is 4.79 Å². The lowest BCUT2D eigenvalue weighted by molar-refractivity contribution is -0.145. The van der Waals surface area contributed by atoms with Crippen molar-refractivity contribution in [3.8, 4) is 0 Å². The van der Waals surface area contributed by atoms with Crippen molar-refractivity contribution in [2.24, 2.45) is 0 Å². The summed E-state index contributed by atoms with van der Waals surface area (Å²) in [7, 11) is 0. The Balaban J connectivity index is 2.17. The lowest BCUT2D eigenvalue weighted by atomic mass is 9.91. The zero-order chi connectivity index (χ0) is 12.3. The van der Waals surface area contributed by atoms with Crippen LogP contribution in [0.25, 0.3) is 0 Å². The molecule has 0 aromatic heterocycles. The lowest BCUT2D eigenvalue weighted by Crippen LogP contribution is -2.38. The number of hydrogen-bond donors (Lipinski definition) is 1. The van der Waals surface area contributed by atoms with E-state index in [0.29, 0.717) is 12.6 Å². The standard InChI is InChI=1S/C14H19NO2/c1-3-17-14(16)13-12(9-10(2)15-13)11-7-5-4-6-8-11/h4-8,10,12-13,15H,3,9H2,1-2H3/t10-,12-,13-/m0/s1. The Bertz CT molecular complexity index is 377. The minimum absolute atomic E-state index is 0.134. The summed E-state index contributed by atoms with van der Waals surface area (Å²) in [6.07, 6.45) is 0.980. The van der Waals surface area contributed by atoms with Gasteiger partial charge >= 0.3 is 5.97 Å². The smallest absolute Gasteiger partial charge is 0.323 e. The van der Waals surface area contributed by atoms with Gasteiger partial charge in [-0.25, -0.2) is 0 Å². The molecule has 3 heteroatoms. The van der Waals surface area contributed by atoms with Crippen LogP contribution in [0.3, 0.4) is 0 Å². The summed E-state index contributed by atoms with van der Waals surface area (Å²) in [5, 5.41) is 3.31. The zero-order valence-electron chi connectivity index (χ0n) is 10.3. The number of rotatable bonds is 3. The first-order chi connectivity index (χ1) is 8.22. The summed E-state index contributed by atoms with van der Waals surface area (Å²) in [5.74, 6) is 0.0935. The van der Waals surface area contributed by atoms with Gasteiger partial charge in [-0.1, -0.05) is 30.3 Å². The van der Waals surface area contributed by atoms with E-state index in [2.05, 4.69) is 24.4 Å². The summed E-state index contributed by atoms with van der Waals surface area (Å²) in [4.78, 5) is 11.9. The SMILES string of the molecule is CCOC(=O)[C@H]1N[C@@H](C)C[C@H]1c1ccccc1. The number of hydrogen-bond acceptors (Lipinski definition) is 3. The molecule has 3 atom stereocenters. The Kier molecular flexibility index (Phi) is 3.79. The van der Waals surface area contributed by atoms with Crippen LogP contribution in [-0.4, -0.2) is 24.7 Å². The monoisotopic (exact) mass is 233 g/mol. The maximum atomic E-state index is 11.9. The highest BCUT2D eigenvalue weighted by atomic mass is 16.5. The molecule has 0 unspecified atom stereocenters.